The van der Waals surface area contributed by atoms with Crippen LogP contribution in [-0.4, -0.2) is 15.9 Å². The number of aromatic nitrogens is 1. The van der Waals surface area contributed by atoms with Crippen LogP contribution in [0.1, 0.15) is 19.5 Å². The van der Waals surface area contributed by atoms with Crippen LogP contribution < -0.4 is 5.73 Å². The maximum absolute atomic E-state index is 10.8. The van der Waals surface area contributed by atoms with Crippen molar-refractivity contribution in [2.24, 2.45) is 11.7 Å². The lowest BCUT2D eigenvalue weighted by molar-refractivity contribution is -0.386. The summed E-state index contributed by atoms with van der Waals surface area (Å²) < 4.78 is 0.598. The van der Waals surface area contributed by atoms with Crippen LogP contribution in [0.2, 0.25) is 0 Å². The van der Waals surface area contributed by atoms with E-state index >= 15 is 0 Å². The van der Waals surface area contributed by atoms with Gasteiger partial charge in [0.05, 0.1) is 4.92 Å². The van der Waals surface area contributed by atoms with E-state index in [0.717, 1.165) is 0 Å². The number of nitrogens with two attached hydrogens (primary N) is 1. The van der Waals surface area contributed by atoms with Crippen LogP contribution in [0.25, 0.3) is 0 Å². The standard InChI is InChI=1S/C10H14BrN3O2/c1-6(2)8(12)4-9-10(14(15)16)3-7(11)5-13-9/h3,5-6,8H,4,12H2,1-2H3. The molecule has 0 aromatic carbocycles. The molecule has 16 heavy (non-hydrogen) atoms. The van der Waals surface area contributed by atoms with E-state index in [9.17, 15) is 10.1 Å². The Morgan fingerprint density at radius 1 is 1.62 bits per heavy atom. The van der Waals surface area contributed by atoms with Gasteiger partial charge in [-0.25, -0.2) is 0 Å². The van der Waals surface area contributed by atoms with Crippen molar-refractivity contribution in [3.63, 3.8) is 0 Å². The highest BCUT2D eigenvalue weighted by Gasteiger charge is 2.19. The third kappa shape index (κ3) is 3.24. The first-order valence-corrected chi connectivity index (χ1v) is 5.75. The number of rotatable bonds is 4. The molecule has 0 bridgehead atoms. The van der Waals surface area contributed by atoms with Gasteiger partial charge in [-0.1, -0.05) is 13.8 Å². The van der Waals surface area contributed by atoms with Crippen molar-refractivity contribution in [1.29, 1.82) is 0 Å². The molecular weight excluding hydrogens is 274 g/mol. The molecule has 0 aliphatic carbocycles. The molecule has 1 rings (SSSR count). The van der Waals surface area contributed by atoms with Crippen LogP contribution in [0.3, 0.4) is 0 Å². The number of hydrogen-bond acceptors (Lipinski definition) is 4. The summed E-state index contributed by atoms with van der Waals surface area (Å²) in [6.45, 7) is 3.96. The van der Waals surface area contributed by atoms with Gasteiger partial charge in [-0.05, 0) is 21.8 Å². The highest BCUT2D eigenvalue weighted by Crippen LogP contribution is 2.22. The normalized spacial score (nSPS) is 12.8. The third-order valence-electron chi connectivity index (χ3n) is 2.40. The van der Waals surface area contributed by atoms with Gasteiger partial charge in [0.2, 0.25) is 0 Å². The minimum absolute atomic E-state index is 0.0190. The van der Waals surface area contributed by atoms with Crippen LogP contribution in [0.5, 0.6) is 0 Å². The molecule has 1 heterocycles. The van der Waals surface area contributed by atoms with Crippen LogP contribution >= 0.6 is 15.9 Å². The van der Waals surface area contributed by atoms with Crippen molar-refractivity contribution >= 4 is 21.6 Å². The van der Waals surface area contributed by atoms with Gasteiger partial charge < -0.3 is 5.73 Å². The van der Waals surface area contributed by atoms with Gasteiger partial charge in [0.1, 0.15) is 5.69 Å². The SMILES string of the molecule is CC(C)C(N)Cc1ncc(Br)cc1[N+](=O)[O-]. The Labute approximate surface area is 102 Å². The third-order valence-corrected chi connectivity index (χ3v) is 2.83. The maximum atomic E-state index is 10.8. The van der Waals surface area contributed by atoms with Crippen LogP contribution in [0, 0.1) is 16.0 Å². The van der Waals surface area contributed by atoms with Gasteiger partial charge in [-0.2, -0.15) is 0 Å². The number of halogens is 1. The Morgan fingerprint density at radius 2 is 2.25 bits per heavy atom. The largest absolute Gasteiger partial charge is 0.327 e. The monoisotopic (exact) mass is 287 g/mol. The van der Waals surface area contributed by atoms with Crippen LogP contribution in [-0.2, 0) is 6.42 Å². The average molecular weight is 288 g/mol. The van der Waals surface area contributed by atoms with E-state index in [-0.39, 0.29) is 17.6 Å². The fourth-order valence-corrected chi connectivity index (χ4v) is 1.55. The Bertz CT molecular complexity index is 396. The lowest BCUT2D eigenvalue weighted by atomic mass is 9.99. The second kappa shape index (κ2) is 5.36. The summed E-state index contributed by atoms with van der Waals surface area (Å²) in [5.74, 6) is 0.269. The smallest absolute Gasteiger partial charge is 0.291 e. The molecule has 1 aromatic heterocycles. The van der Waals surface area contributed by atoms with Crippen molar-refractivity contribution < 1.29 is 4.92 Å². The van der Waals surface area contributed by atoms with Crippen LogP contribution in [0.4, 0.5) is 5.69 Å². The molecule has 0 fully saturated rings. The molecule has 88 valence electrons. The van der Waals surface area contributed by atoms with Gasteiger partial charge in [0.25, 0.3) is 5.69 Å². The van der Waals surface area contributed by atoms with E-state index in [1.165, 1.54) is 6.07 Å². The first-order valence-electron chi connectivity index (χ1n) is 4.96. The van der Waals surface area contributed by atoms with Gasteiger partial charge in [0, 0.05) is 29.2 Å². The first kappa shape index (κ1) is 13.1. The Kier molecular flexibility index (Phi) is 4.37. The molecule has 1 unspecified atom stereocenters. The number of nitro groups is 1. The molecule has 0 aliphatic heterocycles. The molecular formula is C10H14BrN3O2. The molecule has 1 atom stereocenters. The van der Waals surface area contributed by atoms with Gasteiger partial charge in [-0.15, -0.1) is 0 Å². The maximum Gasteiger partial charge on any atom is 0.291 e. The first-order chi connectivity index (χ1) is 7.41. The Morgan fingerprint density at radius 3 is 2.75 bits per heavy atom. The second-order valence-corrected chi connectivity index (χ2v) is 4.90. The highest BCUT2D eigenvalue weighted by molar-refractivity contribution is 9.10. The van der Waals surface area contributed by atoms with Crippen LogP contribution in [0.15, 0.2) is 16.7 Å². The predicted octanol–water partition coefficient (Wildman–Crippen LogP) is 2.28. The molecule has 0 aliphatic rings. The second-order valence-electron chi connectivity index (χ2n) is 3.99. The summed E-state index contributed by atoms with van der Waals surface area (Å²) in [5, 5.41) is 10.8. The number of hydrogen-bond donors (Lipinski definition) is 1. The topological polar surface area (TPSA) is 82.0 Å². The van der Waals surface area contributed by atoms with Gasteiger partial charge >= 0.3 is 0 Å². The van der Waals surface area contributed by atoms with E-state index in [2.05, 4.69) is 20.9 Å². The van der Waals surface area contributed by atoms with E-state index < -0.39 is 4.92 Å². The highest BCUT2D eigenvalue weighted by atomic mass is 79.9. The molecule has 0 saturated carbocycles. The quantitative estimate of drug-likeness (QED) is 0.680. The predicted molar refractivity (Wildman–Crippen MR) is 65.1 cm³/mol. The summed E-state index contributed by atoms with van der Waals surface area (Å²) in [6.07, 6.45) is 1.97. The van der Waals surface area contributed by atoms with E-state index in [1.807, 2.05) is 13.8 Å². The molecule has 6 heteroatoms. The van der Waals surface area contributed by atoms with Crippen molar-refractivity contribution in [3.05, 3.63) is 32.5 Å². The summed E-state index contributed by atoms with van der Waals surface area (Å²) >= 11 is 3.16. The molecule has 1 aromatic rings. The Hall–Kier alpha value is -1.01. The van der Waals surface area contributed by atoms with E-state index in [0.29, 0.717) is 16.6 Å². The molecule has 0 saturated heterocycles. The van der Waals surface area contributed by atoms with E-state index in [1.54, 1.807) is 6.20 Å². The summed E-state index contributed by atoms with van der Waals surface area (Å²) in [6, 6.07) is 1.34. The minimum Gasteiger partial charge on any atom is -0.327 e. The zero-order valence-electron chi connectivity index (χ0n) is 9.18. The molecule has 5 nitrogen and oxygen atoms in total. The Balaban J connectivity index is 2.99. The lowest BCUT2D eigenvalue weighted by Crippen LogP contribution is -2.29. The minimum atomic E-state index is -0.430. The average Bonchev–Trinajstić information content (AvgIpc) is 2.20. The fourth-order valence-electron chi connectivity index (χ4n) is 1.23. The van der Waals surface area contributed by atoms with E-state index in [4.69, 9.17) is 5.73 Å². The van der Waals surface area contributed by atoms with Crippen molar-refractivity contribution in [3.8, 4) is 0 Å². The summed E-state index contributed by atoms with van der Waals surface area (Å²) in [7, 11) is 0. The lowest BCUT2D eigenvalue weighted by Gasteiger charge is -2.14. The number of nitrogens with zero attached hydrogens (tertiary/aromatic N) is 2. The zero-order chi connectivity index (χ0) is 12.3. The molecule has 0 spiro atoms. The molecule has 0 radical (unpaired) electrons. The molecule has 0 amide bonds. The summed E-state index contributed by atoms with van der Waals surface area (Å²) in [5.41, 5.74) is 6.34. The van der Waals surface area contributed by atoms with Gasteiger partial charge in [0.15, 0.2) is 0 Å². The number of pyridine rings is 1. The van der Waals surface area contributed by atoms with Crippen molar-refractivity contribution in [2.75, 3.05) is 0 Å². The fraction of sp³-hybridized carbons (Fsp3) is 0.500. The summed E-state index contributed by atoms with van der Waals surface area (Å²) in [4.78, 5) is 14.5. The zero-order valence-corrected chi connectivity index (χ0v) is 10.8. The van der Waals surface area contributed by atoms with Gasteiger partial charge in [-0.3, -0.25) is 15.1 Å². The van der Waals surface area contributed by atoms with Crippen molar-refractivity contribution in [2.45, 2.75) is 26.3 Å². The molecule has 2 N–H and O–H groups in total. The van der Waals surface area contributed by atoms with Crippen molar-refractivity contribution in [1.82, 2.24) is 4.98 Å².